The molecule has 0 nitrogen and oxygen atoms in total. The molecular weight excluding hydrogens is 439 g/mol. The van der Waals surface area contributed by atoms with Crippen molar-refractivity contribution >= 4 is 0 Å². The van der Waals surface area contributed by atoms with Gasteiger partial charge >= 0.3 is 0 Å². The fourth-order valence-corrected chi connectivity index (χ4v) is 5.80. The van der Waals surface area contributed by atoms with Crippen molar-refractivity contribution in [3.63, 3.8) is 0 Å². The van der Waals surface area contributed by atoms with Gasteiger partial charge in [-0.1, -0.05) is 106 Å². The third kappa shape index (κ3) is 7.42. The molecule has 0 saturated heterocycles. The second-order valence-electron chi connectivity index (χ2n) is 11.4. The second kappa shape index (κ2) is 12.5. The van der Waals surface area contributed by atoms with Crippen LogP contribution in [0.4, 0.5) is 4.39 Å². The molecule has 4 rings (SSSR count). The summed E-state index contributed by atoms with van der Waals surface area (Å²) in [5.41, 5.74) is 7.99. The Morgan fingerprint density at radius 2 is 1.47 bits per heavy atom. The molecule has 0 aliphatic heterocycles. The standard InChI is InChI=1S/C35H43F/c1-4-8-28-11-13-29(14-12-28)15-16-31-18-20-33(34(36)25-31)19-17-30-21-23-35(3,24-22-30)26-27(2)32-9-6-5-7-10-32/h5-7,9-14,18,20-21,25,27H,4,8,15-17,19,22-24,26H2,1-3H3/t27-,35?/m0/s1. The van der Waals surface area contributed by atoms with E-state index in [1.807, 2.05) is 6.07 Å². The van der Waals surface area contributed by atoms with Crippen LogP contribution >= 0.6 is 0 Å². The lowest BCUT2D eigenvalue weighted by molar-refractivity contribution is 0.245. The highest BCUT2D eigenvalue weighted by atomic mass is 19.1. The van der Waals surface area contributed by atoms with E-state index in [9.17, 15) is 4.39 Å². The van der Waals surface area contributed by atoms with Gasteiger partial charge in [0.15, 0.2) is 0 Å². The van der Waals surface area contributed by atoms with Gasteiger partial charge in [0.1, 0.15) is 5.82 Å². The van der Waals surface area contributed by atoms with Crippen molar-refractivity contribution in [1.29, 1.82) is 0 Å². The summed E-state index contributed by atoms with van der Waals surface area (Å²) in [5.74, 6) is 0.544. The highest BCUT2D eigenvalue weighted by Gasteiger charge is 2.29. The number of allylic oxidation sites excluding steroid dienone is 2. The van der Waals surface area contributed by atoms with Crippen LogP contribution < -0.4 is 0 Å². The summed E-state index contributed by atoms with van der Waals surface area (Å²) in [6, 6.07) is 25.7. The van der Waals surface area contributed by atoms with E-state index in [-0.39, 0.29) is 5.82 Å². The fraction of sp³-hybridized carbons (Fsp3) is 0.429. The molecule has 0 fully saturated rings. The van der Waals surface area contributed by atoms with Gasteiger partial charge in [-0.25, -0.2) is 4.39 Å². The summed E-state index contributed by atoms with van der Waals surface area (Å²) in [5, 5.41) is 0. The number of aryl methyl sites for hydroxylation is 4. The normalized spacial score (nSPS) is 18.6. The van der Waals surface area contributed by atoms with Crippen LogP contribution in [-0.2, 0) is 25.7 Å². The van der Waals surface area contributed by atoms with E-state index in [2.05, 4.69) is 87.5 Å². The topological polar surface area (TPSA) is 0 Å². The van der Waals surface area contributed by atoms with Crippen LogP contribution in [0, 0.1) is 11.2 Å². The molecule has 0 radical (unpaired) electrons. The Morgan fingerprint density at radius 1 is 0.806 bits per heavy atom. The summed E-state index contributed by atoms with van der Waals surface area (Å²) in [4.78, 5) is 0. The maximum absolute atomic E-state index is 14.9. The third-order valence-electron chi connectivity index (χ3n) is 8.20. The minimum absolute atomic E-state index is 0.0382. The van der Waals surface area contributed by atoms with Crippen LogP contribution in [0.15, 0.2) is 84.4 Å². The number of rotatable bonds is 11. The highest BCUT2D eigenvalue weighted by Crippen LogP contribution is 2.43. The van der Waals surface area contributed by atoms with Gasteiger partial charge in [0.05, 0.1) is 0 Å². The van der Waals surface area contributed by atoms with E-state index in [1.54, 1.807) is 6.07 Å². The molecule has 3 aromatic carbocycles. The first-order valence-corrected chi connectivity index (χ1v) is 14.0. The van der Waals surface area contributed by atoms with E-state index in [1.165, 1.54) is 41.5 Å². The average Bonchev–Trinajstić information content (AvgIpc) is 2.89. The first-order chi connectivity index (χ1) is 17.4. The van der Waals surface area contributed by atoms with Crippen LogP contribution in [0.2, 0.25) is 0 Å². The molecule has 0 aromatic heterocycles. The number of halogens is 1. The Bertz CT molecular complexity index is 1130. The highest BCUT2D eigenvalue weighted by molar-refractivity contribution is 5.28. The van der Waals surface area contributed by atoms with Crippen LogP contribution in [0.5, 0.6) is 0 Å². The molecule has 190 valence electrons. The molecular formula is C35H43F. The van der Waals surface area contributed by atoms with Crippen molar-refractivity contribution in [1.82, 2.24) is 0 Å². The monoisotopic (exact) mass is 482 g/mol. The molecule has 36 heavy (non-hydrogen) atoms. The van der Waals surface area contributed by atoms with Gasteiger partial charge in [-0.3, -0.25) is 0 Å². The largest absolute Gasteiger partial charge is 0.207 e. The molecule has 3 aromatic rings. The van der Waals surface area contributed by atoms with E-state index in [0.717, 1.165) is 56.1 Å². The molecule has 2 atom stereocenters. The number of hydrogen-bond donors (Lipinski definition) is 0. The molecule has 0 bridgehead atoms. The van der Waals surface area contributed by atoms with Crippen molar-refractivity contribution in [2.24, 2.45) is 5.41 Å². The van der Waals surface area contributed by atoms with Gasteiger partial charge in [0.2, 0.25) is 0 Å². The Hall–Kier alpha value is -2.67. The lowest BCUT2D eigenvalue weighted by atomic mass is 9.70. The van der Waals surface area contributed by atoms with Crippen molar-refractivity contribution in [2.75, 3.05) is 0 Å². The van der Waals surface area contributed by atoms with E-state index < -0.39 is 0 Å². The fourth-order valence-electron chi connectivity index (χ4n) is 5.80. The molecule has 1 unspecified atom stereocenters. The van der Waals surface area contributed by atoms with Gasteiger partial charge < -0.3 is 0 Å². The summed E-state index contributed by atoms with van der Waals surface area (Å²) < 4.78 is 14.9. The summed E-state index contributed by atoms with van der Waals surface area (Å²) in [6.07, 6.45) is 13.1. The summed E-state index contributed by atoms with van der Waals surface area (Å²) in [6.45, 7) is 7.01. The average molecular weight is 483 g/mol. The summed E-state index contributed by atoms with van der Waals surface area (Å²) >= 11 is 0. The van der Waals surface area contributed by atoms with Gasteiger partial charge in [-0.05, 0) is 103 Å². The van der Waals surface area contributed by atoms with Crippen LogP contribution in [0.3, 0.4) is 0 Å². The molecule has 0 amide bonds. The Morgan fingerprint density at radius 3 is 2.11 bits per heavy atom. The van der Waals surface area contributed by atoms with Crippen molar-refractivity contribution in [2.45, 2.75) is 90.9 Å². The Balaban J connectivity index is 1.25. The molecule has 1 aliphatic rings. The smallest absolute Gasteiger partial charge is 0.126 e. The predicted molar refractivity (Wildman–Crippen MR) is 152 cm³/mol. The van der Waals surface area contributed by atoms with Gasteiger partial charge in [0, 0.05) is 0 Å². The lowest BCUT2D eigenvalue weighted by Gasteiger charge is -2.35. The Kier molecular flexibility index (Phi) is 9.19. The molecule has 0 spiro atoms. The predicted octanol–water partition coefficient (Wildman–Crippen LogP) is 9.81. The zero-order valence-corrected chi connectivity index (χ0v) is 22.5. The van der Waals surface area contributed by atoms with Crippen molar-refractivity contribution < 1.29 is 4.39 Å². The zero-order chi connectivity index (χ0) is 25.4. The minimum atomic E-state index is -0.0382. The van der Waals surface area contributed by atoms with E-state index in [0.29, 0.717) is 11.3 Å². The van der Waals surface area contributed by atoms with Crippen LogP contribution in [-0.4, -0.2) is 0 Å². The third-order valence-corrected chi connectivity index (χ3v) is 8.20. The maximum Gasteiger partial charge on any atom is 0.126 e. The van der Waals surface area contributed by atoms with Crippen molar-refractivity contribution in [3.8, 4) is 0 Å². The quantitative estimate of drug-likeness (QED) is 0.239. The Labute approximate surface area is 218 Å². The molecule has 0 saturated carbocycles. The van der Waals surface area contributed by atoms with Crippen LogP contribution in [0.25, 0.3) is 0 Å². The zero-order valence-electron chi connectivity index (χ0n) is 22.5. The lowest BCUT2D eigenvalue weighted by Crippen LogP contribution is -2.22. The van der Waals surface area contributed by atoms with Crippen LogP contribution in [0.1, 0.15) is 93.0 Å². The van der Waals surface area contributed by atoms with Gasteiger partial charge in [-0.2, -0.15) is 0 Å². The molecule has 1 heteroatoms. The summed E-state index contributed by atoms with van der Waals surface area (Å²) in [7, 11) is 0. The minimum Gasteiger partial charge on any atom is -0.207 e. The first-order valence-electron chi connectivity index (χ1n) is 14.0. The SMILES string of the molecule is CCCc1ccc(CCc2ccc(CCC3=CCC(C)(C[C@H](C)c4ccccc4)CC3)c(F)c2)cc1. The van der Waals surface area contributed by atoms with Gasteiger partial charge in [0.25, 0.3) is 0 Å². The first kappa shape index (κ1) is 26.4. The van der Waals surface area contributed by atoms with E-state index >= 15 is 0 Å². The number of hydrogen-bond acceptors (Lipinski definition) is 0. The second-order valence-corrected chi connectivity index (χ2v) is 11.4. The molecule has 0 heterocycles. The van der Waals surface area contributed by atoms with Gasteiger partial charge in [-0.15, -0.1) is 0 Å². The molecule has 1 aliphatic carbocycles. The van der Waals surface area contributed by atoms with Crippen molar-refractivity contribution in [3.05, 3.63) is 118 Å². The maximum atomic E-state index is 14.9. The molecule has 0 N–H and O–H groups in total. The van der Waals surface area contributed by atoms with E-state index in [4.69, 9.17) is 0 Å². The number of benzene rings is 3.